The lowest BCUT2D eigenvalue weighted by molar-refractivity contribution is -0.122. The maximum absolute atomic E-state index is 12.8. The van der Waals surface area contributed by atoms with E-state index in [4.69, 9.17) is 0 Å². The first-order chi connectivity index (χ1) is 14.6. The third-order valence-corrected chi connectivity index (χ3v) is 6.55. The van der Waals surface area contributed by atoms with Gasteiger partial charge in [-0.25, -0.2) is 4.98 Å². The van der Waals surface area contributed by atoms with Crippen LogP contribution in [0.25, 0.3) is 21.3 Å². The zero-order valence-electron chi connectivity index (χ0n) is 16.6. The highest BCUT2D eigenvalue weighted by Gasteiger charge is 2.15. The zero-order chi connectivity index (χ0) is 20.9. The second kappa shape index (κ2) is 9.34. The van der Waals surface area contributed by atoms with Crippen LogP contribution in [0.4, 0.5) is 0 Å². The molecule has 0 saturated carbocycles. The predicted octanol–water partition coefficient (Wildman–Crippen LogP) is 3.85. The second-order valence-corrected chi connectivity index (χ2v) is 8.76. The van der Waals surface area contributed by atoms with Crippen LogP contribution >= 0.6 is 22.7 Å². The Kier molecular flexibility index (Phi) is 6.37. The number of carbonyl (C=O) groups excluding carboxylic acids is 1. The molecule has 0 atom stereocenters. The van der Waals surface area contributed by atoms with Gasteiger partial charge in [-0.15, -0.1) is 22.7 Å². The number of H-pyrrole nitrogens is 1. The van der Waals surface area contributed by atoms with Gasteiger partial charge in [0.1, 0.15) is 10.7 Å². The fourth-order valence-electron chi connectivity index (χ4n) is 3.25. The predicted molar refractivity (Wildman–Crippen MR) is 123 cm³/mol. The minimum Gasteiger partial charge on any atom is -0.350 e. The highest BCUT2D eigenvalue weighted by molar-refractivity contribution is 7.17. The molecule has 0 aliphatic rings. The molecular formula is C22H22N4O2S2. The van der Waals surface area contributed by atoms with Crippen LogP contribution < -0.4 is 10.9 Å². The molecule has 3 heterocycles. The Balaban J connectivity index is 1.47. The van der Waals surface area contributed by atoms with Crippen molar-refractivity contribution in [1.82, 2.24) is 20.2 Å². The Morgan fingerprint density at radius 3 is 2.73 bits per heavy atom. The smallest absolute Gasteiger partial charge is 0.260 e. The van der Waals surface area contributed by atoms with Crippen LogP contribution in [-0.2, 0) is 17.9 Å². The number of thiophene rings is 2. The summed E-state index contributed by atoms with van der Waals surface area (Å²) < 4.78 is 0. The van der Waals surface area contributed by atoms with Crippen molar-refractivity contribution in [2.75, 3.05) is 13.1 Å². The highest BCUT2D eigenvalue weighted by Crippen LogP contribution is 2.30. The van der Waals surface area contributed by atoms with E-state index >= 15 is 0 Å². The molecular weight excluding hydrogens is 416 g/mol. The van der Waals surface area contributed by atoms with Crippen LogP contribution in [0.3, 0.4) is 0 Å². The molecule has 0 saturated heterocycles. The number of nitrogens with one attached hydrogen (secondary N) is 2. The van der Waals surface area contributed by atoms with Crippen LogP contribution in [0.2, 0.25) is 0 Å². The average molecular weight is 439 g/mol. The van der Waals surface area contributed by atoms with Crippen molar-refractivity contribution >= 4 is 38.8 Å². The number of aromatic amines is 1. The molecule has 0 bridgehead atoms. The number of nitrogens with zero attached hydrogens (tertiary/aromatic N) is 2. The van der Waals surface area contributed by atoms with Crippen LogP contribution in [0.15, 0.2) is 58.0 Å². The molecule has 8 heteroatoms. The van der Waals surface area contributed by atoms with Gasteiger partial charge >= 0.3 is 0 Å². The van der Waals surface area contributed by atoms with Crippen molar-refractivity contribution in [3.05, 3.63) is 74.3 Å². The fourth-order valence-corrected chi connectivity index (χ4v) is 4.86. The lowest BCUT2D eigenvalue weighted by atomic mass is 10.1. The van der Waals surface area contributed by atoms with Crippen molar-refractivity contribution in [1.29, 1.82) is 0 Å². The lowest BCUT2D eigenvalue weighted by Crippen LogP contribution is -2.37. The van der Waals surface area contributed by atoms with E-state index in [1.807, 2.05) is 65.0 Å². The van der Waals surface area contributed by atoms with E-state index in [9.17, 15) is 9.59 Å². The number of carbonyl (C=O) groups is 1. The van der Waals surface area contributed by atoms with E-state index in [-0.39, 0.29) is 18.0 Å². The summed E-state index contributed by atoms with van der Waals surface area (Å²) in [5.41, 5.74) is 1.76. The lowest BCUT2D eigenvalue weighted by Gasteiger charge is -2.19. The average Bonchev–Trinajstić information content (AvgIpc) is 3.42. The first-order valence-corrected chi connectivity index (χ1v) is 11.5. The van der Waals surface area contributed by atoms with Crippen LogP contribution in [0.5, 0.6) is 0 Å². The van der Waals surface area contributed by atoms with Crippen molar-refractivity contribution in [2.24, 2.45) is 0 Å². The summed E-state index contributed by atoms with van der Waals surface area (Å²) in [7, 11) is 0. The van der Waals surface area contributed by atoms with Crippen molar-refractivity contribution in [2.45, 2.75) is 20.0 Å². The molecule has 0 radical (unpaired) electrons. The molecule has 2 N–H and O–H groups in total. The normalized spacial score (nSPS) is 11.3. The molecule has 0 unspecified atom stereocenters. The van der Waals surface area contributed by atoms with Crippen LogP contribution in [0, 0.1) is 0 Å². The molecule has 4 aromatic rings. The molecule has 154 valence electrons. The number of likely N-dealkylation sites (N-methyl/N-ethyl adjacent to an activating group) is 1. The number of hydrogen-bond acceptors (Lipinski definition) is 6. The van der Waals surface area contributed by atoms with Gasteiger partial charge < -0.3 is 10.3 Å². The monoisotopic (exact) mass is 438 g/mol. The largest absolute Gasteiger partial charge is 0.350 e. The van der Waals surface area contributed by atoms with Gasteiger partial charge in [0.2, 0.25) is 5.91 Å². The molecule has 1 amide bonds. The van der Waals surface area contributed by atoms with E-state index < -0.39 is 0 Å². The van der Waals surface area contributed by atoms with Gasteiger partial charge in [-0.2, -0.15) is 0 Å². The first kappa shape index (κ1) is 20.5. The number of aromatic nitrogens is 2. The first-order valence-electron chi connectivity index (χ1n) is 9.71. The van der Waals surface area contributed by atoms with E-state index in [2.05, 4.69) is 15.3 Å². The van der Waals surface area contributed by atoms with Gasteiger partial charge in [0.05, 0.1) is 25.0 Å². The second-order valence-electron chi connectivity index (χ2n) is 6.87. The van der Waals surface area contributed by atoms with Gasteiger partial charge in [-0.1, -0.05) is 43.3 Å². The molecule has 0 aliphatic carbocycles. The SMILES string of the molecule is CCN(CC(=O)NCc1cccs1)Cc1nc2scc(-c3ccccc3)c2c(=O)[nH]1. The molecule has 3 aromatic heterocycles. The summed E-state index contributed by atoms with van der Waals surface area (Å²) in [5.74, 6) is 0.526. The molecule has 4 rings (SSSR count). The van der Waals surface area contributed by atoms with Gasteiger partial charge in [-0.05, 0) is 23.6 Å². The Hall–Kier alpha value is -2.81. The summed E-state index contributed by atoms with van der Waals surface area (Å²) in [6, 6.07) is 13.8. The molecule has 0 fully saturated rings. The van der Waals surface area contributed by atoms with Crippen molar-refractivity contribution < 1.29 is 4.79 Å². The van der Waals surface area contributed by atoms with Gasteiger partial charge in [0.25, 0.3) is 5.56 Å². The standard InChI is InChI=1S/C22H22N4O2S2/c1-2-26(13-19(27)23-11-16-9-6-10-29-16)12-18-24-21(28)20-17(14-30-22(20)25-18)15-7-4-3-5-8-15/h3-10,14H,2,11-13H2,1H3,(H,23,27)(H,24,25,28). The quantitative estimate of drug-likeness (QED) is 0.438. The highest BCUT2D eigenvalue weighted by atomic mass is 32.1. The topological polar surface area (TPSA) is 78.1 Å². The Bertz CT molecular complexity index is 1180. The summed E-state index contributed by atoms with van der Waals surface area (Å²) in [4.78, 5) is 36.4. The Morgan fingerprint density at radius 1 is 1.17 bits per heavy atom. The number of amides is 1. The molecule has 0 spiro atoms. The summed E-state index contributed by atoms with van der Waals surface area (Å²) in [6.45, 7) is 3.86. The minimum absolute atomic E-state index is 0.0452. The maximum Gasteiger partial charge on any atom is 0.260 e. The molecule has 6 nitrogen and oxygen atoms in total. The Morgan fingerprint density at radius 2 is 2.00 bits per heavy atom. The van der Waals surface area contributed by atoms with Crippen molar-refractivity contribution in [3.8, 4) is 11.1 Å². The minimum atomic E-state index is -0.145. The number of fused-ring (bicyclic) bond motifs is 1. The van der Waals surface area contributed by atoms with Crippen molar-refractivity contribution in [3.63, 3.8) is 0 Å². The summed E-state index contributed by atoms with van der Waals surface area (Å²) in [6.07, 6.45) is 0. The van der Waals surface area contributed by atoms with Gasteiger partial charge in [-0.3, -0.25) is 14.5 Å². The fraction of sp³-hybridized carbons (Fsp3) is 0.227. The van der Waals surface area contributed by atoms with E-state index in [1.54, 1.807) is 11.3 Å². The number of hydrogen-bond donors (Lipinski definition) is 2. The van der Waals surface area contributed by atoms with E-state index in [0.29, 0.717) is 35.7 Å². The van der Waals surface area contributed by atoms with Gasteiger partial charge in [0.15, 0.2) is 0 Å². The molecule has 1 aromatic carbocycles. The van der Waals surface area contributed by atoms with E-state index in [1.165, 1.54) is 11.3 Å². The van der Waals surface area contributed by atoms with Crippen LogP contribution in [-0.4, -0.2) is 33.9 Å². The number of rotatable bonds is 8. The van der Waals surface area contributed by atoms with Gasteiger partial charge in [0, 0.05) is 15.8 Å². The third-order valence-electron chi connectivity index (χ3n) is 4.81. The maximum atomic E-state index is 12.8. The third kappa shape index (κ3) is 4.67. The molecule has 30 heavy (non-hydrogen) atoms. The van der Waals surface area contributed by atoms with E-state index in [0.717, 1.165) is 16.0 Å². The number of benzene rings is 1. The Labute approximate surface area is 182 Å². The summed E-state index contributed by atoms with van der Waals surface area (Å²) >= 11 is 3.08. The molecule has 0 aliphatic heterocycles. The summed E-state index contributed by atoms with van der Waals surface area (Å²) in [5, 5.41) is 7.52. The van der Waals surface area contributed by atoms with Crippen LogP contribution in [0.1, 0.15) is 17.6 Å². The zero-order valence-corrected chi connectivity index (χ0v) is 18.2.